The number of methoxy groups -OCH3 is 1. The van der Waals surface area contributed by atoms with Crippen LogP contribution in [0.15, 0.2) is 41.2 Å². The summed E-state index contributed by atoms with van der Waals surface area (Å²) < 4.78 is 14.5. The molecule has 1 N–H and O–H groups in total. The van der Waals surface area contributed by atoms with Crippen LogP contribution in [-0.2, 0) is 6.54 Å². The predicted octanol–water partition coefficient (Wildman–Crippen LogP) is 3.58. The largest absolute Gasteiger partial charge is 0.493 e. The highest BCUT2D eigenvalue weighted by molar-refractivity contribution is 6.60. The SMILES string of the molecule is C=[Si](C)CC(c1ccc(OC)c(OCC)c1)n1c(=O)n(CCO)c2cc(Cl)ccc21. The fourth-order valence-electron chi connectivity index (χ4n) is 3.73. The Bertz CT molecular complexity index is 1120. The molecule has 3 aromatic rings. The Kier molecular flexibility index (Phi) is 7.17. The quantitative estimate of drug-likeness (QED) is 0.510. The maximum Gasteiger partial charge on any atom is 0.329 e. The predicted molar refractivity (Wildman–Crippen MR) is 124 cm³/mol. The Morgan fingerprint density at radius 2 is 1.97 bits per heavy atom. The lowest BCUT2D eigenvalue weighted by Crippen LogP contribution is -2.29. The van der Waals surface area contributed by atoms with Gasteiger partial charge in [0.25, 0.3) is 0 Å². The third kappa shape index (κ3) is 4.38. The summed E-state index contributed by atoms with van der Waals surface area (Å²) in [6.45, 7) is 4.63. The van der Waals surface area contributed by atoms with Crippen molar-refractivity contribution in [2.75, 3.05) is 20.3 Å². The van der Waals surface area contributed by atoms with Gasteiger partial charge in [0.15, 0.2) is 11.5 Å². The molecule has 0 amide bonds. The number of halogens is 1. The van der Waals surface area contributed by atoms with Crippen LogP contribution in [0.2, 0.25) is 17.6 Å². The van der Waals surface area contributed by atoms with Crippen molar-refractivity contribution in [3.63, 3.8) is 0 Å². The van der Waals surface area contributed by atoms with Gasteiger partial charge in [-0.25, -0.2) is 4.79 Å². The van der Waals surface area contributed by atoms with Crippen molar-refractivity contribution in [2.24, 2.45) is 0 Å². The number of aliphatic hydroxyl groups is 1. The second-order valence-corrected chi connectivity index (χ2v) is 9.94. The average molecular weight is 447 g/mol. The lowest BCUT2D eigenvalue weighted by atomic mass is 10.1. The van der Waals surface area contributed by atoms with Gasteiger partial charge in [-0.15, -0.1) is 6.17 Å². The second-order valence-electron chi connectivity index (χ2n) is 7.18. The number of benzene rings is 2. The standard InChI is InChI=1S/C22H27ClN2O4Si/c1-5-29-21-12-15(6-9-20(21)28-2)19(14-30(3)4)25-17-8-7-16(23)13-18(17)24(10-11-26)22(25)27/h6-9,12-13,19,26H,3,5,10-11,14H2,1-2,4H3. The fraction of sp³-hybridized carbons (Fsp3) is 0.364. The van der Waals surface area contributed by atoms with E-state index in [1.54, 1.807) is 28.4 Å². The molecule has 160 valence electrons. The third-order valence-electron chi connectivity index (χ3n) is 4.97. The Labute approximate surface area is 182 Å². The van der Waals surface area contributed by atoms with E-state index < -0.39 is 8.41 Å². The van der Waals surface area contributed by atoms with Crippen LogP contribution in [0.25, 0.3) is 11.0 Å². The summed E-state index contributed by atoms with van der Waals surface area (Å²) in [7, 11) is 0.677. The van der Waals surface area contributed by atoms with Crippen molar-refractivity contribution in [3.8, 4) is 11.5 Å². The molecule has 0 aliphatic heterocycles. The van der Waals surface area contributed by atoms with Crippen molar-refractivity contribution in [2.45, 2.75) is 32.1 Å². The molecule has 8 heteroatoms. The van der Waals surface area contributed by atoms with E-state index >= 15 is 0 Å². The first-order valence-corrected chi connectivity index (χ1v) is 12.7. The zero-order chi connectivity index (χ0) is 21.8. The molecule has 0 saturated carbocycles. The van der Waals surface area contributed by atoms with E-state index in [1.165, 1.54) is 0 Å². The monoisotopic (exact) mass is 446 g/mol. The fourth-order valence-corrected chi connectivity index (χ4v) is 4.97. The Morgan fingerprint density at radius 3 is 2.60 bits per heavy atom. The Morgan fingerprint density at radius 1 is 1.20 bits per heavy atom. The molecule has 0 aliphatic carbocycles. The third-order valence-corrected chi connectivity index (χ3v) is 6.29. The molecule has 0 saturated heterocycles. The summed E-state index contributed by atoms with van der Waals surface area (Å²) in [5.74, 6) is 1.30. The molecule has 6 nitrogen and oxygen atoms in total. The molecule has 0 spiro atoms. The van der Waals surface area contributed by atoms with Crippen LogP contribution < -0.4 is 15.2 Å². The van der Waals surface area contributed by atoms with Crippen molar-refractivity contribution in [3.05, 3.63) is 57.5 Å². The zero-order valence-electron chi connectivity index (χ0n) is 17.5. The molecule has 3 rings (SSSR count). The molecule has 1 aromatic heterocycles. The minimum atomic E-state index is -0.929. The first-order valence-electron chi connectivity index (χ1n) is 9.87. The minimum absolute atomic E-state index is 0.134. The first-order chi connectivity index (χ1) is 14.4. The summed E-state index contributed by atoms with van der Waals surface area (Å²) in [6.07, 6.45) is 4.25. The molecular formula is C22H27ClN2O4Si. The van der Waals surface area contributed by atoms with Crippen molar-refractivity contribution >= 4 is 37.2 Å². The smallest absolute Gasteiger partial charge is 0.329 e. The minimum Gasteiger partial charge on any atom is -0.493 e. The van der Waals surface area contributed by atoms with Crippen molar-refractivity contribution in [1.29, 1.82) is 0 Å². The van der Waals surface area contributed by atoms with Gasteiger partial charge < -0.3 is 14.6 Å². The highest BCUT2D eigenvalue weighted by atomic mass is 35.5. The summed E-state index contributed by atoms with van der Waals surface area (Å²) in [5.41, 5.74) is 2.26. The summed E-state index contributed by atoms with van der Waals surface area (Å²) in [6, 6.07) is 11.7. The van der Waals surface area contributed by atoms with Gasteiger partial charge in [0.05, 0.1) is 43.9 Å². The molecule has 1 atom stereocenters. The number of nitrogens with zero attached hydrogens (tertiary/aromatic N) is 2. The highest BCUT2D eigenvalue weighted by Crippen LogP contribution is 2.34. The van der Waals surface area contributed by atoms with Gasteiger partial charge in [-0.05, 0) is 48.9 Å². The molecule has 0 fully saturated rings. The Hall–Kier alpha value is -2.35. The number of aliphatic hydroxyl groups excluding tert-OH is 1. The van der Waals surface area contributed by atoms with Gasteiger partial charge in [0, 0.05) is 13.4 Å². The lowest BCUT2D eigenvalue weighted by molar-refractivity contribution is 0.275. The molecular weight excluding hydrogens is 420 g/mol. The molecule has 2 aromatic carbocycles. The van der Waals surface area contributed by atoms with Crippen LogP contribution in [0.1, 0.15) is 18.5 Å². The number of aromatic nitrogens is 2. The maximum atomic E-state index is 13.4. The number of imidazole rings is 1. The van der Waals surface area contributed by atoms with Crippen LogP contribution in [-0.4, -0.2) is 49.1 Å². The topological polar surface area (TPSA) is 65.6 Å². The van der Waals surface area contributed by atoms with E-state index in [9.17, 15) is 9.90 Å². The second kappa shape index (κ2) is 9.64. The normalized spacial score (nSPS) is 12.2. The molecule has 0 radical (unpaired) electrons. The van der Waals surface area contributed by atoms with E-state index in [0.29, 0.717) is 28.6 Å². The van der Waals surface area contributed by atoms with Gasteiger partial charge in [-0.2, -0.15) is 0 Å². The van der Waals surface area contributed by atoms with Crippen LogP contribution in [0, 0.1) is 0 Å². The Balaban J connectivity index is 2.26. The highest BCUT2D eigenvalue weighted by Gasteiger charge is 2.23. The number of hydrogen-bond acceptors (Lipinski definition) is 4. The van der Waals surface area contributed by atoms with Crippen molar-refractivity contribution in [1.82, 2.24) is 9.13 Å². The van der Waals surface area contributed by atoms with Gasteiger partial charge >= 0.3 is 5.69 Å². The van der Waals surface area contributed by atoms with Crippen LogP contribution in [0.4, 0.5) is 0 Å². The van der Waals surface area contributed by atoms with Crippen LogP contribution in [0.3, 0.4) is 0 Å². The van der Waals surface area contributed by atoms with E-state index in [1.807, 2.05) is 31.2 Å². The van der Waals surface area contributed by atoms with Crippen LogP contribution >= 0.6 is 11.6 Å². The lowest BCUT2D eigenvalue weighted by Gasteiger charge is -2.21. The molecule has 1 unspecified atom stereocenters. The van der Waals surface area contributed by atoms with Gasteiger partial charge in [0.2, 0.25) is 0 Å². The van der Waals surface area contributed by atoms with Crippen LogP contribution in [0.5, 0.6) is 11.5 Å². The number of fused-ring (bicyclic) bond motifs is 1. The molecule has 1 heterocycles. The average Bonchev–Trinajstić information content (AvgIpc) is 2.97. The maximum absolute atomic E-state index is 13.4. The van der Waals surface area contributed by atoms with Crippen molar-refractivity contribution < 1.29 is 14.6 Å². The number of rotatable bonds is 9. The first kappa shape index (κ1) is 22.3. The van der Waals surface area contributed by atoms with E-state index in [-0.39, 0.29) is 24.9 Å². The zero-order valence-corrected chi connectivity index (χ0v) is 19.3. The summed E-state index contributed by atoms with van der Waals surface area (Å²) >= 11 is 6.20. The van der Waals surface area contributed by atoms with Gasteiger partial charge in [0.1, 0.15) is 0 Å². The number of hydrogen-bond donors (Lipinski definition) is 1. The van der Waals surface area contributed by atoms with E-state index in [2.05, 4.69) is 12.7 Å². The van der Waals surface area contributed by atoms with Gasteiger partial charge in [-0.1, -0.05) is 24.2 Å². The number of ether oxygens (including phenoxy) is 2. The van der Waals surface area contributed by atoms with Gasteiger partial charge in [-0.3, -0.25) is 9.13 Å². The molecule has 0 aliphatic rings. The summed E-state index contributed by atoms with van der Waals surface area (Å²) in [5, 5.41) is 10.0. The van der Waals surface area contributed by atoms with E-state index in [4.69, 9.17) is 21.1 Å². The summed E-state index contributed by atoms with van der Waals surface area (Å²) in [4.78, 5) is 13.4. The van der Waals surface area contributed by atoms with E-state index in [0.717, 1.165) is 17.1 Å². The molecule has 0 bridgehead atoms. The molecule has 30 heavy (non-hydrogen) atoms.